The number of aromatic nitrogens is 4. The lowest BCUT2D eigenvalue weighted by Crippen LogP contribution is -2.32. The zero-order valence-corrected chi connectivity index (χ0v) is 18.2. The van der Waals surface area contributed by atoms with E-state index in [0.29, 0.717) is 23.3 Å². The number of imidazole rings is 1. The summed E-state index contributed by atoms with van der Waals surface area (Å²) >= 11 is 0. The van der Waals surface area contributed by atoms with Crippen LogP contribution in [0.2, 0.25) is 0 Å². The highest BCUT2D eigenvalue weighted by Gasteiger charge is 2.45. The van der Waals surface area contributed by atoms with Crippen LogP contribution in [-0.4, -0.2) is 36.3 Å². The van der Waals surface area contributed by atoms with Gasteiger partial charge >= 0.3 is 11.7 Å². The lowest BCUT2D eigenvalue weighted by molar-refractivity contribution is -0.151. The van der Waals surface area contributed by atoms with E-state index < -0.39 is 33.6 Å². The topological polar surface area (TPSA) is 103 Å². The lowest BCUT2D eigenvalue weighted by atomic mass is 9.99. The SMILES string of the molecule is CC[S@@](=O)c1cc(C2(C#N)CC2)cnc1-c1nc2cc(C(F)(F)F)n(OC)c(=O)c2n1C. The second-order valence-electron chi connectivity index (χ2n) is 7.44. The van der Waals surface area contributed by atoms with Gasteiger partial charge in [-0.25, -0.2) is 4.98 Å². The number of alkyl halides is 3. The van der Waals surface area contributed by atoms with Crippen molar-refractivity contribution in [2.45, 2.75) is 36.3 Å². The molecule has 3 aromatic rings. The van der Waals surface area contributed by atoms with Gasteiger partial charge in [0.05, 0.1) is 32.7 Å². The Hall–Kier alpha value is -3.20. The van der Waals surface area contributed by atoms with Gasteiger partial charge in [-0.3, -0.25) is 14.0 Å². The number of hydrogen-bond donors (Lipinski definition) is 0. The first-order chi connectivity index (χ1) is 15.1. The van der Waals surface area contributed by atoms with Gasteiger partial charge in [0.25, 0.3) is 0 Å². The van der Waals surface area contributed by atoms with E-state index in [1.807, 2.05) is 0 Å². The Balaban J connectivity index is 1.99. The largest absolute Gasteiger partial charge is 0.435 e. The summed E-state index contributed by atoms with van der Waals surface area (Å²) < 4.78 is 54.6. The molecule has 0 spiro atoms. The monoisotopic (exact) mass is 465 g/mol. The third-order valence-electron chi connectivity index (χ3n) is 5.56. The molecule has 3 aromatic heterocycles. The van der Waals surface area contributed by atoms with E-state index in [-0.39, 0.29) is 33.0 Å². The molecule has 3 heterocycles. The number of nitrogens with zero attached hydrogens (tertiary/aromatic N) is 5. The smallest absolute Gasteiger partial charge is 0.413 e. The van der Waals surface area contributed by atoms with Gasteiger partial charge in [0.1, 0.15) is 18.3 Å². The average Bonchev–Trinajstić information content (AvgIpc) is 3.49. The Kier molecular flexibility index (Phi) is 5.12. The molecule has 1 aliphatic rings. The molecule has 1 atom stereocenters. The molecule has 0 N–H and O–H groups in total. The maximum atomic E-state index is 13.4. The minimum Gasteiger partial charge on any atom is -0.413 e. The van der Waals surface area contributed by atoms with Crippen molar-refractivity contribution in [3.63, 3.8) is 0 Å². The fourth-order valence-electron chi connectivity index (χ4n) is 3.65. The molecule has 4 rings (SSSR count). The van der Waals surface area contributed by atoms with Crippen LogP contribution in [0.1, 0.15) is 31.0 Å². The second-order valence-corrected chi connectivity index (χ2v) is 9.14. The summed E-state index contributed by atoms with van der Waals surface area (Å²) in [6.45, 7) is 1.71. The molecule has 1 fully saturated rings. The minimum atomic E-state index is -4.84. The van der Waals surface area contributed by atoms with E-state index >= 15 is 0 Å². The highest BCUT2D eigenvalue weighted by Crippen LogP contribution is 2.48. The number of fused-ring (bicyclic) bond motifs is 1. The Morgan fingerprint density at radius 2 is 2.03 bits per heavy atom. The zero-order valence-electron chi connectivity index (χ0n) is 17.4. The van der Waals surface area contributed by atoms with E-state index in [2.05, 4.69) is 20.9 Å². The molecule has 1 aliphatic carbocycles. The molecule has 0 saturated heterocycles. The van der Waals surface area contributed by atoms with Crippen LogP contribution in [0.25, 0.3) is 22.6 Å². The Labute approximate surface area is 182 Å². The van der Waals surface area contributed by atoms with Crippen molar-refractivity contribution < 1.29 is 22.2 Å². The third kappa shape index (κ3) is 3.28. The molecule has 0 unspecified atom stereocenters. The summed E-state index contributed by atoms with van der Waals surface area (Å²) in [5, 5.41) is 9.48. The number of aryl methyl sites for hydroxylation is 1. The van der Waals surface area contributed by atoms with Gasteiger partial charge in [0.15, 0.2) is 11.5 Å². The van der Waals surface area contributed by atoms with Crippen molar-refractivity contribution in [2.24, 2.45) is 7.05 Å². The van der Waals surface area contributed by atoms with E-state index in [0.717, 1.165) is 13.2 Å². The van der Waals surface area contributed by atoms with Crippen LogP contribution < -0.4 is 10.4 Å². The summed E-state index contributed by atoms with van der Waals surface area (Å²) in [6, 6.07) is 4.63. The third-order valence-corrected chi connectivity index (χ3v) is 6.89. The summed E-state index contributed by atoms with van der Waals surface area (Å²) in [5.74, 6) is 0.348. The molecule has 8 nitrogen and oxygen atoms in total. The first kappa shape index (κ1) is 22.0. The van der Waals surface area contributed by atoms with E-state index in [1.165, 1.54) is 17.8 Å². The van der Waals surface area contributed by atoms with Crippen molar-refractivity contribution >= 4 is 21.8 Å². The number of hydrogen-bond acceptors (Lipinski definition) is 6. The van der Waals surface area contributed by atoms with Crippen LogP contribution in [0.15, 0.2) is 28.0 Å². The van der Waals surface area contributed by atoms with Crippen LogP contribution in [0.4, 0.5) is 13.2 Å². The van der Waals surface area contributed by atoms with Crippen LogP contribution >= 0.6 is 0 Å². The molecular weight excluding hydrogens is 447 g/mol. The molecule has 0 amide bonds. The van der Waals surface area contributed by atoms with Crippen molar-refractivity contribution in [3.05, 3.63) is 39.9 Å². The number of rotatable bonds is 5. The number of halogens is 3. The first-order valence-electron chi connectivity index (χ1n) is 9.62. The maximum Gasteiger partial charge on any atom is 0.435 e. The molecular formula is C20H18F3N5O3S. The maximum absolute atomic E-state index is 13.4. The minimum absolute atomic E-state index is 0.0873. The summed E-state index contributed by atoms with van der Waals surface area (Å²) in [7, 11) is 0.933. The lowest BCUT2D eigenvalue weighted by Gasteiger charge is -2.13. The quantitative estimate of drug-likeness (QED) is 0.574. The fourth-order valence-corrected chi connectivity index (χ4v) is 4.58. The molecule has 1 saturated carbocycles. The van der Waals surface area contributed by atoms with Crippen molar-refractivity contribution in [2.75, 3.05) is 12.9 Å². The van der Waals surface area contributed by atoms with Gasteiger partial charge < -0.3 is 9.40 Å². The molecule has 0 aliphatic heterocycles. The normalized spacial score (nSPS) is 16.0. The van der Waals surface area contributed by atoms with Crippen LogP contribution in [0.3, 0.4) is 0 Å². The molecule has 168 valence electrons. The predicted molar refractivity (Wildman–Crippen MR) is 109 cm³/mol. The van der Waals surface area contributed by atoms with Crippen LogP contribution in [0, 0.1) is 11.3 Å². The number of nitriles is 1. The van der Waals surface area contributed by atoms with Gasteiger partial charge in [-0.15, -0.1) is 4.73 Å². The van der Waals surface area contributed by atoms with Gasteiger partial charge in [0.2, 0.25) is 0 Å². The van der Waals surface area contributed by atoms with Gasteiger partial charge in [-0.05, 0) is 30.5 Å². The molecule has 32 heavy (non-hydrogen) atoms. The molecule has 0 aromatic carbocycles. The number of pyridine rings is 2. The highest BCUT2D eigenvalue weighted by molar-refractivity contribution is 7.85. The van der Waals surface area contributed by atoms with Crippen LogP contribution in [-0.2, 0) is 29.4 Å². The Morgan fingerprint density at radius 1 is 1.34 bits per heavy atom. The van der Waals surface area contributed by atoms with Gasteiger partial charge in [-0.2, -0.15) is 18.4 Å². The Morgan fingerprint density at radius 3 is 2.56 bits per heavy atom. The van der Waals surface area contributed by atoms with Gasteiger partial charge in [-0.1, -0.05) is 6.92 Å². The standard InChI is InChI=1S/C20H18F3N5O3S/c1-4-32(30)13-7-11(19(10-24)5-6-19)9-25-15(13)17-26-12-8-14(20(21,22)23)28(31-3)18(29)16(12)27(17)2/h7-9H,4-6H2,1-3H3/t32-/m1/s1. The summed E-state index contributed by atoms with van der Waals surface area (Å²) in [6.07, 6.45) is -2.00. The van der Waals surface area contributed by atoms with Crippen molar-refractivity contribution in [3.8, 4) is 17.6 Å². The van der Waals surface area contributed by atoms with E-state index in [4.69, 9.17) is 0 Å². The first-order valence-corrected chi connectivity index (χ1v) is 10.9. The predicted octanol–water partition coefficient (Wildman–Crippen LogP) is 2.56. The van der Waals surface area contributed by atoms with Crippen molar-refractivity contribution in [1.29, 1.82) is 5.26 Å². The summed E-state index contributed by atoms with van der Waals surface area (Å²) in [5.41, 5.74) is -2.48. The zero-order chi connectivity index (χ0) is 23.4. The van der Waals surface area contributed by atoms with E-state index in [9.17, 15) is 27.4 Å². The van der Waals surface area contributed by atoms with E-state index in [1.54, 1.807) is 13.0 Å². The molecule has 0 radical (unpaired) electrons. The summed E-state index contributed by atoms with van der Waals surface area (Å²) in [4.78, 5) is 26.4. The molecule has 0 bridgehead atoms. The molecule has 12 heteroatoms. The fraction of sp³-hybridized carbons (Fsp3) is 0.400. The van der Waals surface area contributed by atoms with Crippen molar-refractivity contribution in [1.82, 2.24) is 19.3 Å². The highest BCUT2D eigenvalue weighted by atomic mass is 32.2. The Bertz CT molecular complexity index is 1370. The average molecular weight is 465 g/mol. The van der Waals surface area contributed by atoms with Gasteiger partial charge in [0, 0.05) is 19.0 Å². The van der Waals surface area contributed by atoms with Crippen LogP contribution in [0.5, 0.6) is 0 Å². The second kappa shape index (κ2) is 7.44.